The lowest BCUT2D eigenvalue weighted by atomic mass is 10.2. The standard InChI is InChI=1S/C17H16FNOS/c1-2-11-20-16-9-5-14(6-10-16)17(21)19-12-13-3-7-15(18)8-4-13/h2-10H,1,11-12H2,(H,19,21). The molecule has 0 fully saturated rings. The molecule has 0 spiro atoms. The van der Waals surface area contributed by atoms with E-state index in [1.54, 1.807) is 18.2 Å². The van der Waals surface area contributed by atoms with Crippen LogP contribution in [-0.4, -0.2) is 11.6 Å². The molecule has 2 nitrogen and oxygen atoms in total. The molecule has 2 rings (SSSR count). The molecular weight excluding hydrogens is 285 g/mol. The second-order valence-electron chi connectivity index (χ2n) is 4.43. The van der Waals surface area contributed by atoms with Crippen molar-refractivity contribution in [3.8, 4) is 5.75 Å². The van der Waals surface area contributed by atoms with Gasteiger partial charge in [-0.15, -0.1) is 0 Å². The van der Waals surface area contributed by atoms with Crippen LogP contribution in [0.5, 0.6) is 5.75 Å². The molecular formula is C17H16FNOS. The summed E-state index contributed by atoms with van der Waals surface area (Å²) < 4.78 is 18.2. The van der Waals surface area contributed by atoms with Crippen LogP contribution in [0.15, 0.2) is 61.2 Å². The molecule has 2 aromatic carbocycles. The third-order valence-corrected chi connectivity index (χ3v) is 3.23. The van der Waals surface area contributed by atoms with Crippen LogP contribution in [0.25, 0.3) is 0 Å². The summed E-state index contributed by atoms with van der Waals surface area (Å²) in [5.41, 5.74) is 1.89. The summed E-state index contributed by atoms with van der Waals surface area (Å²) in [6, 6.07) is 13.9. The lowest BCUT2D eigenvalue weighted by molar-refractivity contribution is 0.363. The molecule has 21 heavy (non-hydrogen) atoms. The molecule has 0 saturated heterocycles. The molecule has 0 heterocycles. The SMILES string of the molecule is C=CCOc1ccc(C(=S)NCc2ccc(F)cc2)cc1. The fourth-order valence-electron chi connectivity index (χ4n) is 1.74. The monoisotopic (exact) mass is 301 g/mol. The Hall–Kier alpha value is -2.20. The first-order valence-electron chi connectivity index (χ1n) is 6.55. The van der Waals surface area contributed by atoms with E-state index in [0.29, 0.717) is 18.1 Å². The molecule has 0 radical (unpaired) electrons. The summed E-state index contributed by atoms with van der Waals surface area (Å²) in [6.45, 7) is 4.64. The molecule has 0 unspecified atom stereocenters. The molecule has 0 amide bonds. The minimum Gasteiger partial charge on any atom is -0.490 e. The average Bonchev–Trinajstić information content (AvgIpc) is 2.52. The van der Waals surface area contributed by atoms with Gasteiger partial charge >= 0.3 is 0 Å². The Balaban J connectivity index is 1.90. The molecule has 0 bridgehead atoms. The zero-order valence-electron chi connectivity index (χ0n) is 11.5. The van der Waals surface area contributed by atoms with E-state index >= 15 is 0 Å². The first-order chi connectivity index (χ1) is 10.2. The van der Waals surface area contributed by atoms with Crippen molar-refractivity contribution in [2.75, 3.05) is 6.61 Å². The molecule has 1 N–H and O–H groups in total. The van der Waals surface area contributed by atoms with E-state index < -0.39 is 0 Å². The summed E-state index contributed by atoms with van der Waals surface area (Å²) in [6.07, 6.45) is 1.70. The number of benzene rings is 2. The quantitative estimate of drug-likeness (QED) is 0.647. The second kappa shape index (κ2) is 7.55. The van der Waals surface area contributed by atoms with Gasteiger partial charge in [0, 0.05) is 12.1 Å². The number of thiocarbonyl (C=S) groups is 1. The van der Waals surface area contributed by atoms with E-state index in [4.69, 9.17) is 17.0 Å². The summed E-state index contributed by atoms with van der Waals surface area (Å²) in [7, 11) is 0. The predicted molar refractivity (Wildman–Crippen MR) is 87.1 cm³/mol. The highest BCUT2D eigenvalue weighted by Crippen LogP contribution is 2.13. The van der Waals surface area contributed by atoms with Crippen LogP contribution in [0.1, 0.15) is 11.1 Å². The van der Waals surface area contributed by atoms with Gasteiger partial charge in [-0.05, 0) is 42.0 Å². The Labute approximate surface area is 129 Å². The van der Waals surface area contributed by atoms with E-state index in [0.717, 1.165) is 16.9 Å². The Kier molecular flexibility index (Phi) is 5.46. The molecule has 0 aliphatic heterocycles. The van der Waals surface area contributed by atoms with Crippen molar-refractivity contribution in [2.45, 2.75) is 6.54 Å². The predicted octanol–water partition coefficient (Wildman–Crippen LogP) is 3.86. The van der Waals surface area contributed by atoms with E-state index in [-0.39, 0.29) is 5.82 Å². The largest absolute Gasteiger partial charge is 0.490 e. The van der Waals surface area contributed by atoms with Crippen LogP contribution < -0.4 is 10.1 Å². The minimum absolute atomic E-state index is 0.239. The van der Waals surface area contributed by atoms with Gasteiger partial charge in [-0.1, -0.05) is 37.0 Å². The van der Waals surface area contributed by atoms with Gasteiger partial charge < -0.3 is 10.1 Å². The van der Waals surface area contributed by atoms with Crippen molar-refractivity contribution in [3.05, 3.63) is 78.1 Å². The molecule has 4 heteroatoms. The van der Waals surface area contributed by atoms with Crippen molar-refractivity contribution in [2.24, 2.45) is 0 Å². The van der Waals surface area contributed by atoms with Crippen LogP contribution >= 0.6 is 12.2 Å². The fraction of sp³-hybridized carbons (Fsp3) is 0.118. The van der Waals surface area contributed by atoms with Crippen LogP contribution in [0.2, 0.25) is 0 Å². The molecule has 0 aromatic heterocycles. The highest BCUT2D eigenvalue weighted by molar-refractivity contribution is 7.80. The van der Waals surface area contributed by atoms with Crippen molar-refractivity contribution in [1.82, 2.24) is 5.32 Å². The van der Waals surface area contributed by atoms with Gasteiger partial charge in [0.05, 0.1) is 0 Å². The number of hydrogen-bond acceptors (Lipinski definition) is 2. The second-order valence-corrected chi connectivity index (χ2v) is 4.84. The minimum atomic E-state index is -0.239. The Morgan fingerprint density at radius 1 is 1.14 bits per heavy atom. The molecule has 0 aliphatic rings. The maximum absolute atomic E-state index is 12.8. The summed E-state index contributed by atoms with van der Waals surface area (Å²) in [5.74, 6) is 0.538. The first-order valence-corrected chi connectivity index (χ1v) is 6.96. The smallest absolute Gasteiger partial charge is 0.123 e. The average molecular weight is 301 g/mol. The summed E-state index contributed by atoms with van der Waals surface area (Å²) in [4.78, 5) is 0.648. The Morgan fingerprint density at radius 2 is 1.81 bits per heavy atom. The highest BCUT2D eigenvalue weighted by Gasteiger charge is 2.02. The third kappa shape index (κ3) is 4.68. The Bertz CT molecular complexity index is 608. The van der Waals surface area contributed by atoms with Gasteiger partial charge in [-0.2, -0.15) is 0 Å². The normalized spacial score (nSPS) is 9.95. The van der Waals surface area contributed by atoms with Crippen LogP contribution in [-0.2, 0) is 6.54 Å². The van der Waals surface area contributed by atoms with E-state index in [2.05, 4.69) is 11.9 Å². The summed E-state index contributed by atoms with van der Waals surface area (Å²) >= 11 is 5.33. The van der Waals surface area contributed by atoms with Gasteiger partial charge in [-0.3, -0.25) is 0 Å². The number of rotatable bonds is 6. The van der Waals surface area contributed by atoms with E-state index in [1.165, 1.54) is 12.1 Å². The molecule has 0 saturated carbocycles. The maximum atomic E-state index is 12.8. The van der Waals surface area contributed by atoms with Crippen molar-refractivity contribution < 1.29 is 9.13 Å². The Morgan fingerprint density at radius 3 is 2.43 bits per heavy atom. The zero-order chi connectivity index (χ0) is 15.1. The van der Waals surface area contributed by atoms with E-state index in [1.807, 2.05) is 24.3 Å². The summed E-state index contributed by atoms with van der Waals surface area (Å²) in [5, 5.41) is 3.15. The van der Waals surface area contributed by atoms with Gasteiger partial charge in [0.25, 0.3) is 0 Å². The maximum Gasteiger partial charge on any atom is 0.123 e. The van der Waals surface area contributed by atoms with Gasteiger partial charge in [0.1, 0.15) is 23.2 Å². The third-order valence-electron chi connectivity index (χ3n) is 2.85. The van der Waals surface area contributed by atoms with Gasteiger partial charge in [0.2, 0.25) is 0 Å². The lowest BCUT2D eigenvalue weighted by Gasteiger charge is -2.09. The fourth-order valence-corrected chi connectivity index (χ4v) is 1.95. The molecule has 0 atom stereocenters. The molecule has 2 aromatic rings. The van der Waals surface area contributed by atoms with Crippen LogP contribution in [0.4, 0.5) is 4.39 Å². The van der Waals surface area contributed by atoms with Crippen molar-refractivity contribution in [3.63, 3.8) is 0 Å². The number of ether oxygens (including phenoxy) is 1. The number of nitrogens with one attached hydrogen (secondary N) is 1. The van der Waals surface area contributed by atoms with Crippen LogP contribution in [0.3, 0.4) is 0 Å². The topological polar surface area (TPSA) is 21.3 Å². The van der Waals surface area contributed by atoms with E-state index in [9.17, 15) is 4.39 Å². The first kappa shape index (κ1) is 15.2. The number of hydrogen-bond donors (Lipinski definition) is 1. The van der Waals surface area contributed by atoms with Crippen molar-refractivity contribution in [1.29, 1.82) is 0 Å². The van der Waals surface area contributed by atoms with Crippen molar-refractivity contribution >= 4 is 17.2 Å². The van der Waals surface area contributed by atoms with Crippen LogP contribution in [0, 0.1) is 5.82 Å². The van der Waals surface area contributed by atoms with Gasteiger partial charge in [-0.25, -0.2) is 4.39 Å². The highest BCUT2D eigenvalue weighted by atomic mass is 32.1. The van der Waals surface area contributed by atoms with Gasteiger partial charge in [0.15, 0.2) is 0 Å². The number of halogens is 1. The molecule has 108 valence electrons. The molecule has 0 aliphatic carbocycles. The zero-order valence-corrected chi connectivity index (χ0v) is 12.3. The lowest BCUT2D eigenvalue weighted by Crippen LogP contribution is -2.21.